The van der Waals surface area contributed by atoms with Gasteiger partial charge in [-0.25, -0.2) is 0 Å². The molecule has 1 N–H and O–H groups in total. The molecule has 0 unspecified atom stereocenters. The lowest BCUT2D eigenvalue weighted by molar-refractivity contribution is -0.136. The predicted molar refractivity (Wildman–Crippen MR) is 53.5 cm³/mol. The number of rotatable bonds is 3. The zero-order valence-electron chi connectivity index (χ0n) is 7.83. The van der Waals surface area contributed by atoms with E-state index in [1.165, 1.54) is 0 Å². The molecular formula is C10H9ClO4. The van der Waals surface area contributed by atoms with Crippen LogP contribution in [0.2, 0.25) is 5.02 Å². The first-order chi connectivity index (χ1) is 7.16. The fourth-order valence-corrected chi connectivity index (χ4v) is 1.64. The molecule has 5 heteroatoms. The summed E-state index contributed by atoms with van der Waals surface area (Å²) in [4.78, 5) is 10.4. The summed E-state index contributed by atoms with van der Waals surface area (Å²) >= 11 is 5.96. The van der Waals surface area contributed by atoms with Crippen LogP contribution in [-0.2, 0) is 11.2 Å². The van der Waals surface area contributed by atoms with Crippen molar-refractivity contribution < 1.29 is 19.4 Å². The smallest absolute Gasteiger partial charge is 0.303 e. The lowest BCUT2D eigenvalue weighted by Crippen LogP contribution is -1.98. The van der Waals surface area contributed by atoms with Crippen molar-refractivity contribution in [1.82, 2.24) is 0 Å². The Kier molecular flexibility index (Phi) is 2.68. The van der Waals surface area contributed by atoms with Crippen molar-refractivity contribution in [2.45, 2.75) is 12.8 Å². The Morgan fingerprint density at radius 2 is 2.07 bits per heavy atom. The van der Waals surface area contributed by atoms with E-state index in [0.29, 0.717) is 22.9 Å². The van der Waals surface area contributed by atoms with Crippen molar-refractivity contribution in [2.24, 2.45) is 0 Å². The molecule has 1 aliphatic rings. The van der Waals surface area contributed by atoms with Gasteiger partial charge in [0.15, 0.2) is 11.5 Å². The van der Waals surface area contributed by atoms with Gasteiger partial charge in [-0.2, -0.15) is 0 Å². The summed E-state index contributed by atoms with van der Waals surface area (Å²) in [7, 11) is 0. The molecule has 0 aromatic heterocycles. The van der Waals surface area contributed by atoms with Crippen LogP contribution < -0.4 is 9.47 Å². The van der Waals surface area contributed by atoms with E-state index in [0.717, 1.165) is 5.56 Å². The molecule has 1 aromatic rings. The Labute approximate surface area is 91.4 Å². The summed E-state index contributed by atoms with van der Waals surface area (Å²) < 4.78 is 10.3. The van der Waals surface area contributed by atoms with E-state index in [1.54, 1.807) is 12.1 Å². The van der Waals surface area contributed by atoms with Crippen LogP contribution in [0.4, 0.5) is 0 Å². The van der Waals surface area contributed by atoms with Crippen LogP contribution >= 0.6 is 11.6 Å². The molecule has 0 aliphatic carbocycles. The van der Waals surface area contributed by atoms with Crippen molar-refractivity contribution >= 4 is 17.6 Å². The van der Waals surface area contributed by atoms with Crippen molar-refractivity contribution in [1.29, 1.82) is 0 Å². The summed E-state index contributed by atoms with van der Waals surface area (Å²) in [5.41, 5.74) is 0.767. The topological polar surface area (TPSA) is 55.8 Å². The second-order valence-electron chi connectivity index (χ2n) is 3.19. The number of carboxylic acids is 1. The number of carbonyl (C=O) groups is 1. The van der Waals surface area contributed by atoms with Gasteiger partial charge in [0.2, 0.25) is 6.79 Å². The Balaban J connectivity index is 2.21. The molecule has 0 fully saturated rings. The fraction of sp³-hybridized carbons (Fsp3) is 0.300. The third-order valence-electron chi connectivity index (χ3n) is 2.15. The van der Waals surface area contributed by atoms with E-state index in [4.69, 9.17) is 26.2 Å². The number of aliphatic carboxylic acids is 1. The zero-order valence-corrected chi connectivity index (χ0v) is 8.58. The van der Waals surface area contributed by atoms with Crippen LogP contribution in [0.25, 0.3) is 0 Å². The second kappa shape index (κ2) is 3.98. The van der Waals surface area contributed by atoms with E-state index in [1.807, 2.05) is 0 Å². The number of hydrogen-bond donors (Lipinski definition) is 1. The maximum atomic E-state index is 10.4. The third-order valence-corrected chi connectivity index (χ3v) is 2.50. The number of ether oxygens (including phenoxy) is 2. The number of benzene rings is 1. The number of halogens is 1. The maximum absolute atomic E-state index is 10.4. The Morgan fingerprint density at radius 1 is 1.40 bits per heavy atom. The summed E-state index contributed by atoms with van der Waals surface area (Å²) in [6.07, 6.45) is 0.449. The molecule has 0 atom stereocenters. The van der Waals surface area contributed by atoms with Gasteiger partial charge in [-0.1, -0.05) is 11.6 Å². The van der Waals surface area contributed by atoms with E-state index in [2.05, 4.69) is 0 Å². The van der Waals surface area contributed by atoms with Crippen molar-refractivity contribution in [3.05, 3.63) is 22.7 Å². The van der Waals surface area contributed by atoms with E-state index < -0.39 is 5.97 Å². The third kappa shape index (κ3) is 2.15. The number of fused-ring (bicyclic) bond motifs is 1. The monoisotopic (exact) mass is 228 g/mol. The standard InChI is InChI=1S/C10H9ClO4/c11-7-4-9-8(14-5-15-9)3-6(7)1-2-10(12)13/h3-4H,1-2,5H2,(H,12,13). The minimum Gasteiger partial charge on any atom is -0.481 e. The average molecular weight is 229 g/mol. The lowest BCUT2D eigenvalue weighted by Gasteiger charge is -2.04. The highest BCUT2D eigenvalue weighted by Crippen LogP contribution is 2.37. The normalized spacial score (nSPS) is 12.9. The molecular weight excluding hydrogens is 220 g/mol. The van der Waals surface area contributed by atoms with Crippen LogP contribution in [0.15, 0.2) is 12.1 Å². The van der Waals surface area contributed by atoms with E-state index in [9.17, 15) is 4.79 Å². The van der Waals surface area contributed by atoms with Crippen molar-refractivity contribution in [2.75, 3.05) is 6.79 Å². The van der Waals surface area contributed by atoms with E-state index >= 15 is 0 Å². The minimum absolute atomic E-state index is 0.0549. The van der Waals surface area contributed by atoms with Crippen LogP contribution in [-0.4, -0.2) is 17.9 Å². The molecule has 1 aromatic carbocycles. The van der Waals surface area contributed by atoms with Crippen LogP contribution in [0, 0.1) is 0 Å². The molecule has 0 bridgehead atoms. The average Bonchev–Trinajstić information content (AvgIpc) is 2.60. The molecule has 0 saturated heterocycles. The number of carboxylic acid groups (broad SMARTS) is 1. The molecule has 2 rings (SSSR count). The van der Waals surface area contributed by atoms with Gasteiger partial charge in [0, 0.05) is 17.5 Å². The maximum Gasteiger partial charge on any atom is 0.303 e. The SMILES string of the molecule is O=C(O)CCc1cc2c(cc1Cl)OCO2. The molecule has 15 heavy (non-hydrogen) atoms. The first-order valence-electron chi connectivity index (χ1n) is 4.46. The summed E-state index contributed by atoms with van der Waals surface area (Å²) in [6, 6.07) is 3.38. The van der Waals surface area contributed by atoms with Gasteiger partial charge in [-0.15, -0.1) is 0 Å². The first-order valence-corrected chi connectivity index (χ1v) is 4.84. The molecule has 4 nitrogen and oxygen atoms in total. The quantitative estimate of drug-likeness (QED) is 0.861. The predicted octanol–water partition coefficient (Wildman–Crippen LogP) is 2.09. The molecule has 1 heterocycles. The van der Waals surface area contributed by atoms with Gasteiger partial charge in [-0.05, 0) is 18.1 Å². The number of aryl methyl sites for hydroxylation is 1. The van der Waals surface area contributed by atoms with Gasteiger partial charge < -0.3 is 14.6 Å². The van der Waals surface area contributed by atoms with Gasteiger partial charge in [0.25, 0.3) is 0 Å². The van der Waals surface area contributed by atoms with Gasteiger partial charge in [0.1, 0.15) is 0 Å². The lowest BCUT2D eigenvalue weighted by atomic mass is 10.1. The van der Waals surface area contributed by atoms with Crippen molar-refractivity contribution in [3.8, 4) is 11.5 Å². The Hall–Kier alpha value is -1.42. The zero-order chi connectivity index (χ0) is 10.8. The summed E-state index contributed by atoms with van der Waals surface area (Å²) in [5, 5.41) is 9.07. The largest absolute Gasteiger partial charge is 0.481 e. The molecule has 0 radical (unpaired) electrons. The van der Waals surface area contributed by atoms with E-state index in [-0.39, 0.29) is 13.2 Å². The molecule has 0 saturated carbocycles. The summed E-state index contributed by atoms with van der Waals surface area (Å²) in [6.45, 7) is 0.189. The molecule has 80 valence electrons. The molecule has 0 amide bonds. The van der Waals surface area contributed by atoms with Gasteiger partial charge in [0.05, 0.1) is 0 Å². The number of hydrogen-bond acceptors (Lipinski definition) is 3. The van der Waals surface area contributed by atoms with Crippen molar-refractivity contribution in [3.63, 3.8) is 0 Å². The van der Waals surface area contributed by atoms with Crippen LogP contribution in [0.1, 0.15) is 12.0 Å². The highest BCUT2D eigenvalue weighted by Gasteiger charge is 2.16. The van der Waals surface area contributed by atoms with Gasteiger partial charge >= 0.3 is 5.97 Å². The second-order valence-corrected chi connectivity index (χ2v) is 3.60. The fourth-order valence-electron chi connectivity index (χ4n) is 1.39. The Morgan fingerprint density at radius 3 is 2.73 bits per heavy atom. The molecule has 0 spiro atoms. The van der Waals surface area contributed by atoms with Gasteiger partial charge in [-0.3, -0.25) is 4.79 Å². The highest BCUT2D eigenvalue weighted by molar-refractivity contribution is 6.31. The Bertz CT molecular complexity index is 403. The van der Waals surface area contributed by atoms with Crippen LogP contribution in [0.5, 0.6) is 11.5 Å². The van der Waals surface area contributed by atoms with Crippen LogP contribution in [0.3, 0.4) is 0 Å². The summed E-state index contributed by atoms with van der Waals surface area (Å²) in [5.74, 6) is 0.391. The first kappa shape index (κ1) is 10.1. The highest BCUT2D eigenvalue weighted by atomic mass is 35.5. The molecule has 1 aliphatic heterocycles. The minimum atomic E-state index is -0.844.